The van der Waals surface area contributed by atoms with Gasteiger partial charge in [0, 0.05) is 25.4 Å². The van der Waals surface area contributed by atoms with E-state index < -0.39 is 0 Å². The van der Waals surface area contributed by atoms with Crippen LogP contribution in [0.3, 0.4) is 0 Å². The van der Waals surface area contributed by atoms with Crippen LogP contribution in [0.25, 0.3) is 5.65 Å². The normalized spacial score (nSPS) is 11.0. The number of hydrogen-bond acceptors (Lipinski definition) is 4. The fourth-order valence-corrected chi connectivity index (χ4v) is 1.83. The molecule has 6 nitrogen and oxygen atoms in total. The molecule has 0 aliphatic heterocycles. The highest BCUT2D eigenvalue weighted by atomic mass is 16.1. The van der Waals surface area contributed by atoms with Crippen LogP contribution in [0.15, 0.2) is 4.79 Å². The lowest BCUT2D eigenvalue weighted by atomic mass is 10.2. The fourth-order valence-electron chi connectivity index (χ4n) is 1.83. The molecule has 2 rings (SSSR count). The Hall–Kier alpha value is -1.85. The summed E-state index contributed by atoms with van der Waals surface area (Å²) in [6, 6.07) is 0. The summed E-state index contributed by atoms with van der Waals surface area (Å²) in [5, 5.41) is 6.52. The monoisotopic (exact) mass is 221 g/mol. The molecule has 1 N–H and O–H groups in total. The molecule has 0 aromatic carbocycles. The predicted molar refractivity (Wildman–Crippen MR) is 62.0 cm³/mol. The second-order valence-electron chi connectivity index (χ2n) is 3.91. The van der Waals surface area contributed by atoms with Crippen LogP contribution < -0.4 is 10.6 Å². The molecule has 2 aromatic heterocycles. The van der Waals surface area contributed by atoms with E-state index in [-0.39, 0.29) is 5.69 Å². The summed E-state index contributed by atoms with van der Waals surface area (Å²) in [4.78, 5) is 17.9. The van der Waals surface area contributed by atoms with Crippen LogP contribution in [0.2, 0.25) is 0 Å². The van der Waals surface area contributed by atoms with Gasteiger partial charge in [-0.25, -0.2) is 19.3 Å². The van der Waals surface area contributed by atoms with E-state index in [4.69, 9.17) is 0 Å². The zero-order valence-electron chi connectivity index (χ0n) is 9.90. The van der Waals surface area contributed by atoms with E-state index in [1.807, 2.05) is 27.9 Å². The van der Waals surface area contributed by atoms with Crippen LogP contribution in [-0.4, -0.2) is 33.7 Å². The SMILES string of the molecule is CCc1c(C)nc(N(C)C)n2c(=O)[nH]nc12. The van der Waals surface area contributed by atoms with Crippen LogP contribution in [0.1, 0.15) is 18.2 Å². The molecule has 0 saturated heterocycles. The van der Waals surface area contributed by atoms with Gasteiger partial charge in [-0.1, -0.05) is 6.92 Å². The minimum Gasteiger partial charge on any atom is -0.348 e. The quantitative estimate of drug-likeness (QED) is 0.795. The number of rotatable bonds is 2. The van der Waals surface area contributed by atoms with E-state index in [1.165, 1.54) is 4.40 Å². The van der Waals surface area contributed by atoms with Gasteiger partial charge in [-0.2, -0.15) is 5.10 Å². The van der Waals surface area contributed by atoms with E-state index in [2.05, 4.69) is 15.2 Å². The van der Waals surface area contributed by atoms with Gasteiger partial charge in [-0.05, 0) is 13.3 Å². The first-order valence-electron chi connectivity index (χ1n) is 5.20. The molecule has 0 saturated carbocycles. The minimum atomic E-state index is -0.249. The van der Waals surface area contributed by atoms with Gasteiger partial charge in [0.05, 0.1) is 0 Å². The van der Waals surface area contributed by atoms with Crippen molar-refractivity contribution in [3.8, 4) is 0 Å². The number of aromatic nitrogens is 4. The molecule has 0 atom stereocenters. The van der Waals surface area contributed by atoms with Crippen molar-refractivity contribution in [1.82, 2.24) is 19.6 Å². The van der Waals surface area contributed by atoms with Gasteiger partial charge in [0.25, 0.3) is 0 Å². The van der Waals surface area contributed by atoms with Gasteiger partial charge in [-0.15, -0.1) is 0 Å². The number of aromatic amines is 1. The summed E-state index contributed by atoms with van der Waals surface area (Å²) in [7, 11) is 3.71. The highest BCUT2D eigenvalue weighted by molar-refractivity contribution is 5.54. The van der Waals surface area contributed by atoms with Crippen LogP contribution in [0, 0.1) is 6.92 Å². The first-order chi connectivity index (χ1) is 7.56. The maximum absolute atomic E-state index is 11.7. The molecule has 0 fully saturated rings. The molecule has 0 spiro atoms. The summed E-state index contributed by atoms with van der Waals surface area (Å²) < 4.78 is 1.51. The largest absolute Gasteiger partial charge is 0.350 e. The third kappa shape index (κ3) is 1.37. The highest BCUT2D eigenvalue weighted by Gasteiger charge is 2.15. The van der Waals surface area contributed by atoms with Crippen molar-refractivity contribution in [3.05, 3.63) is 21.7 Å². The van der Waals surface area contributed by atoms with Gasteiger partial charge < -0.3 is 4.90 Å². The molecular weight excluding hydrogens is 206 g/mol. The lowest BCUT2D eigenvalue weighted by Crippen LogP contribution is -2.22. The lowest BCUT2D eigenvalue weighted by molar-refractivity contribution is 0.897. The summed E-state index contributed by atoms with van der Waals surface area (Å²) >= 11 is 0. The molecule has 0 aliphatic carbocycles. The topological polar surface area (TPSA) is 66.3 Å². The van der Waals surface area contributed by atoms with Gasteiger partial charge in [0.15, 0.2) is 5.65 Å². The molecule has 0 bridgehead atoms. The molecule has 0 amide bonds. The maximum Gasteiger partial charge on any atom is 0.350 e. The second kappa shape index (κ2) is 3.62. The van der Waals surface area contributed by atoms with Crippen LogP contribution in [-0.2, 0) is 6.42 Å². The van der Waals surface area contributed by atoms with E-state index in [0.29, 0.717) is 11.6 Å². The number of hydrogen-bond donors (Lipinski definition) is 1. The number of fused-ring (bicyclic) bond motifs is 1. The van der Waals surface area contributed by atoms with E-state index in [1.54, 1.807) is 4.90 Å². The Morgan fingerprint density at radius 1 is 1.44 bits per heavy atom. The first-order valence-corrected chi connectivity index (χ1v) is 5.20. The summed E-state index contributed by atoms with van der Waals surface area (Å²) in [5.74, 6) is 0.600. The Morgan fingerprint density at radius 2 is 2.12 bits per heavy atom. The molecule has 6 heteroatoms. The zero-order chi connectivity index (χ0) is 11.9. The van der Waals surface area contributed by atoms with E-state index in [9.17, 15) is 4.79 Å². The van der Waals surface area contributed by atoms with Crippen molar-refractivity contribution in [2.24, 2.45) is 0 Å². The number of H-pyrrole nitrogens is 1. The average Bonchev–Trinajstić information content (AvgIpc) is 2.59. The average molecular weight is 221 g/mol. The lowest BCUT2D eigenvalue weighted by Gasteiger charge is -2.15. The standard InChI is InChI=1S/C10H15N5O/c1-5-7-6(2)11-9(14(3)4)15-8(7)12-13-10(15)16/h5H2,1-4H3,(H,13,16). The number of aryl methyl sites for hydroxylation is 2. The molecule has 0 unspecified atom stereocenters. The van der Waals surface area contributed by atoms with Crippen LogP contribution in [0.4, 0.5) is 5.95 Å². The summed E-state index contributed by atoms with van der Waals surface area (Å²) in [6.07, 6.45) is 0.806. The Morgan fingerprint density at radius 3 is 2.69 bits per heavy atom. The van der Waals surface area contributed by atoms with Crippen molar-refractivity contribution in [1.29, 1.82) is 0 Å². The number of nitrogens with one attached hydrogen (secondary N) is 1. The van der Waals surface area contributed by atoms with Gasteiger partial charge in [-0.3, -0.25) is 0 Å². The Balaban J connectivity index is 2.94. The van der Waals surface area contributed by atoms with Crippen molar-refractivity contribution in [3.63, 3.8) is 0 Å². The van der Waals surface area contributed by atoms with Crippen LogP contribution >= 0.6 is 0 Å². The molecule has 2 aromatic rings. The number of anilines is 1. The third-order valence-electron chi connectivity index (χ3n) is 2.60. The molecular formula is C10H15N5O. The van der Waals surface area contributed by atoms with Crippen molar-refractivity contribution >= 4 is 11.6 Å². The minimum absolute atomic E-state index is 0.249. The molecule has 2 heterocycles. The molecule has 0 aliphatic rings. The van der Waals surface area contributed by atoms with Gasteiger partial charge >= 0.3 is 5.69 Å². The fraction of sp³-hybridized carbons (Fsp3) is 0.500. The third-order valence-corrected chi connectivity index (χ3v) is 2.60. The first kappa shape index (κ1) is 10.7. The summed E-state index contributed by atoms with van der Waals surface area (Å²) in [5.41, 5.74) is 2.34. The second-order valence-corrected chi connectivity index (χ2v) is 3.91. The molecule has 0 radical (unpaired) electrons. The van der Waals surface area contributed by atoms with Gasteiger partial charge in [0.1, 0.15) is 0 Å². The maximum atomic E-state index is 11.7. The Bertz CT molecular complexity index is 581. The van der Waals surface area contributed by atoms with Crippen molar-refractivity contribution < 1.29 is 0 Å². The molecule has 86 valence electrons. The summed E-state index contributed by atoms with van der Waals surface area (Å²) in [6.45, 7) is 3.96. The van der Waals surface area contributed by atoms with E-state index >= 15 is 0 Å². The predicted octanol–water partition coefficient (Wildman–Crippen LogP) is 0.354. The Kier molecular flexibility index (Phi) is 2.41. The van der Waals surface area contributed by atoms with Crippen LogP contribution in [0.5, 0.6) is 0 Å². The number of nitrogens with zero attached hydrogens (tertiary/aromatic N) is 4. The smallest absolute Gasteiger partial charge is 0.348 e. The van der Waals surface area contributed by atoms with Crippen molar-refractivity contribution in [2.75, 3.05) is 19.0 Å². The Labute approximate surface area is 92.9 Å². The van der Waals surface area contributed by atoms with Crippen molar-refractivity contribution in [2.45, 2.75) is 20.3 Å². The van der Waals surface area contributed by atoms with Gasteiger partial charge in [0.2, 0.25) is 5.95 Å². The molecule has 16 heavy (non-hydrogen) atoms. The highest BCUT2D eigenvalue weighted by Crippen LogP contribution is 2.16. The zero-order valence-corrected chi connectivity index (χ0v) is 9.90. The van der Waals surface area contributed by atoms with E-state index in [0.717, 1.165) is 17.7 Å².